The number of anilines is 1. The number of ether oxygens (including phenoxy) is 2. The molecular weight excluding hydrogens is 326 g/mol. The predicted molar refractivity (Wildman–Crippen MR) is 84.0 cm³/mol. The Kier molecular flexibility index (Phi) is 6.14. The molecule has 1 aromatic rings. The summed E-state index contributed by atoms with van der Waals surface area (Å²) >= 11 is 0. The third kappa shape index (κ3) is 4.99. The molecule has 0 radical (unpaired) electrons. The van der Waals surface area contributed by atoms with Crippen LogP contribution in [-0.2, 0) is 14.6 Å². The first-order valence-electron chi connectivity index (χ1n) is 6.34. The molecule has 0 saturated carbocycles. The van der Waals surface area contributed by atoms with Crippen molar-refractivity contribution in [2.45, 2.75) is 0 Å². The van der Waals surface area contributed by atoms with Crippen LogP contribution in [0.3, 0.4) is 0 Å². The summed E-state index contributed by atoms with van der Waals surface area (Å²) in [6.45, 7) is 3.30. The van der Waals surface area contributed by atoms with Crippen molar-refractivity contribution >= 4 is 27.4 Å². The van der Waals surface area contributed by atoms with Gasteiger partial charge in [0.05, 0.1) is 31.2 Å². The Morgan fingerprint density at radius 1 is 1.26 bits per heavy atom. The molecule has 1 rings (SSSR count). The highest BCUT2D eigenvalue weighted by atomic mass is 32.2. The summed E-state index contributed by atoms with van der Waals surface area (Å²) in [5, 5.41) is 11.5. The Balaban J connectivity index is 3.14. The number of nitrogens with one attached hydrogen (secondary N) is 1. The van der Waals surface area contributed by atoms with E-state index in [0.29, 0.717) is 0 Å². The van der Waals surface area contributed by atoms with Gasteiger partial charge < -0.3 is 19.9 Å². The van der Waals surface area contributed by atoms with Crippen molar-refractivity contribution in [1.29, 1.82) is 0 Å². The van der Waals surface area contributed by atoms with Crippen LogP contribution in [0, 0.1) is 0 Å². The fourth-order valence-electron chi connectivity index (χ4n) is 1.78. The van der Waals surface area contributed by atoms with Gasteiger partial charge in [0, 0.05) is 12.1 Å². The molecule has 0 fully saturated rings. The third-order valence-electron chi connectivity index (χ3n) is 2.75. The first-order chi connectivity index (χ1) is 10.7. The predicted octanol–water partition coefficient (Wildman–Crippen LogP) is 0.941. The first kappa shape index (κ1) is 18.5. The van der Waals surface area contributed by atoms with Crippen molar-refractivity contribution in [2.75, 3.05) is 31.0 Å². The number of aromatic carboxylic acids is 1. The van der Waals surface area contributed by atoms with Crippen LogP contribution in [-0.4, -0.2) is 51.1 Å². The number of amides is 1. The van der Waals surface area contributed by atoms with Crippen LogP contribution in [0.1, 0.15) is 10.4 Å². The maximum absolute atomic E-state index is 11.8. The van der Waals surface area contributed by atoms with Gasteiger partial charge in [0.1, 0.15) is 5.75 Å². The van der Waals surface area contributed by atoms with Gasteiger partial charge in [-0.25, -0.2) is 13.2 Å². The largest absolute Gasteiger partial charge is 0.493 e. The van der Waals surface area contributed by atoms with Gasteiger partial charge in [0.2, 0.25) is 5.91 Å². The van der Waals surface area contributed by atoms with E-state index in [4.69, 9.17) is 9.47 Å². The fraction of sp³-hybridized carbons (Fsp3) is 0.286. The van der Waals surface area contributed by atoms with Crippen LogP contribution in [0.25, 0.3) is 0 Å². The van der Waals surface area contributed by atoms with Gasteiger partial charge in [-0.15, -0.1) is 6.58 Å². The molecule has 0 heterocycles. The van der Waals surface area contributed by atoms with E-state index in [1.165, 1.54) is 32.4 Å². The van der Waals surface area contributed by atoms with Gasteiger partial charge in [0.15, 0.2) is 21.3 Å². The number of rotatable bonds is 8. The average molecular weight is 343 g/mol. The summed E-state index contributed by atoms with van der Waals surface area (Å²) in [7, 11) is -0.963. The quantitative estimate of drug-likeness (QED) is 0.674. The van der Waals surface area contributed by atoms with E-state index in [1.807, 2.05) is 0 Å². The molecule has 1 aromatic carbocycles. The highest BCUT2D eigenvalue weighted by Gasteiger charge is 2.20. The second kappa shape index (κ2) is 7.63. The minimum Gasteiger partial charge on any atom is -0.493 e. The van der Waals surface area contributed by atoms with E-state index >= 15 is 0 Å². The molecule has 8 nitrogen and oxygen atoms in total. The molecule has 9 heteroatoms. The summed E-state index contributed by atoms with van der Waals surface area (Å²) in [6, 6.07) is 2.43. The summed E-state index contributed by atoms with van der Waals surface area (Å²) in [5.74, 6) is -2.94. The molecule has 0 aromatic heterocycles. The Bertz CT molecular complexity index is 725. The Morgan fingerprint density at radius 3 is 2.30 bits per heavy atom. The maximum atomic E-state index is 11.8. The molecule has 23 heavy (non-hydrogen) atoms. The number of benzene rings is 1. The Morgan fingerprint density at radius 2 is 1.83 bits per heavy atom. The molecule has 126 valence electrons. The molecule has 0 unspecified atom stereocenters. The van der Waals surface area contributed by atoms with Gasteiger partial charge in [-0.05, 0) is 0 Å². The number of methoxy groups -OCH3 is 2. The Labute approximate surface area is 133 Å². The normalized spacial score (nSPS) is 10.7. The van der Waals surface area contributed by atoms with Crippen molar-refractivity contribution in [3.63, 3.8) is 0 Å². The van der Waals surface area contributed by atoms with Gasteiger partial charge in [-0.3, -0.25) is 4.79 Å². The summed E-state index contributed by atoms with van der Waals surface area (Å²) in [5.41, 5.74) is -0.342. The van der Waals surface area contributed by atoms with Crippen molar-refractivity contribution in [3.8, 4) is 11.5 Å². The molecule has 0 aliphatic rings. The molecule has 2 N–H and O–H groups in total. The van der Waals surface area contributed by atoms with Gasteiger partial charge in [-0.2, -0.15) is 0 Å². The van der Waals surface area contributed by atoms with Crippen molar-refractivity contribution in [2.24, 2.45) is 0 Å². The molecule has 0 spiro atoms. The van der Waals surface area contributed by atoms with Crippen LogP contribution >= 0.6 is 0 Å². The lowest BCUT2D eigenvalue weighted by Crippen LogP contribution is -2.25. The molecule has 0 aliphatic carbocycles. The standard InChI is InChI=1S/C14H17NO7S/c1-4-5-23(19,20)8-13(16)15-10-7-12(22-3)11(21-2)6-9(10)14(17)18/h4,6-7H,1,5,8H2,2-3H3,(H,15,16)(H,17,18). The second-order valence-electron chi connectivity index (χ2n) is 4.45. The zero-order valence-corrected chi connectivity index (χ0v) is 13.5. The number of hydrogen-bond acceptors (Lipinski definition) is 6. The first-order valence-corrected chi connectivity index (χ1v) is 8.16. The van der Waals surface area contributed by atoms with Crippen molar-refractivity contribution < 1.29 is 32.6 Å². The van der Waals surface area contributed by atoms with Crippen molar-refractivity contribution in [1.82, 2.24) is 0 Å². The lowest BCUT2D eigenvalue weighted by atomic mass is 10.1. The van der Waals surface area contributed by atoms with Crippen LogP contribution in [0.2, 0.25) is 0 Å². The lowest BCUT2D eigenvalue weighted by molar-refractivity contribution is -0.113. The number of carboxylic acids is 1. The molecule has 0 aliphatic heterocycles. The van der Waals surface area contributed by atoms with E-state index in [9.17, 15) is 23.1 Å². The van der Waals surface area contributed by atoms with Crippen LogP contribution in [0.5, 0.6) is 11.5 Å². The number of hydrogen-bond donors (Lipinski definition) is 2. The molecule has 1 amide bonds. The third-order valence-corrected chi connectivity index (χ3v) is 4.20. The maximum Gasteiger partial charge on any atom is 0.337 e. The van der Waals surface area contributed by atoms with Crippen molar-refractivity contribution in [3.05, 3.63) is 30.4 Å². The monoisotopic (exact) mass is 343 g/mol. The number of carboxylic acid groups (broad SMARTS) is 1. The second-order valence-corrected chi connectivity index (χ2v) is 6.56. The van der Waals surface area contributed by atoms with E-state index in [2.05, 4.69) is 11.9 Å². The van der Waals surface area contributed by atoms with E-state index < -0.39 is 27.5 Å². The molecular formula is C14H17NO7S. The number of carbonyl (C=O) groups is 2. The molecule has 0 saturated heterocycles. The summed E-state index contributed by atoms with van der Waals surface area (Å²) in [4.78, 5) is 23.1. The highest BCUT2D eigenvalue weighted by molar-refractivity contribution is 7.92. The fourth-order valence-corrected chi connectivity index (χ4v) is 2.73. The highest BCUT2D eigenvalue weighted by Crippen LogP contribution is 2.33. The van der Waals surface area contributed by atoms with E-state index in [-0.39, 0.29) is 28.5 Å². The molecule has 0 atom stereocenters. The van der Waals surface area contributed by atoms with Crippen LogP contribution < -0.4 is 14.8 Å². The SMILES string of the molecule is C=CCS(=O)(=O)CC(=O)Nc1cc(OC)c(OC)cc1C(=O)O. The summed E-state index contributed by atoms with van der Waals surface area (Å²) < 4.78 is 33.2. The van der Waals surface area contributed by atoms with E-state index in [0.717, 1.165) is 0 Å². The van der Waals surface area contributed by atoms with Crippen LogP contribution in [0.4, 0.5) is 5.69 Å². The smallest absolute Gasteiger partial charge is 0.337 e. The zero-order valence-electron chi connectivity index (χ0n) is 12.7. The Hall–Kier alpha value is -2.55. The van der Waals surface area contributed by atoms with Gasteiger partial charge >= 0.3 is 5.97 Å². The van der Waals surface area contributed by atoms with Gasteiger partial charge in [0.25, 0.3) is 0 Å². The zero-order chi connectivity index (χ0) is 17.6. The minimum absolute atomic E-state index is 0.0889. The van der Waals surface area contributed by atoms with Gasteiger partial charge in [-0.1, -0.05) is 6.08 Å². The van der Waals surface area contributed by atoms with Crippen LogP contribution in [0.15, 0.2) is 24.8 Å². The minimum atomic E-state index is -3.65. The van der Waals surface area contributed by atoms with E-state index in [1.54, 1.807) is 0 Å². The average Bonchev–Trinajstić information content (AvgIpc) is 2.45. The number of carbonyl (C=O) groups excluding carboxylic acids is 1. The lowest BCUT2D eigenvalue weighted by Gasteiger charge is -2.13. The summed E-state index contributed by atoms with van der Waals surface area (Å²) in [6.07, 6.45) is 1.17. The topological polar surface area (TPSA) is 119 Å². The molecule has 0 bridgehead atoms. The number of sulfone groups is 1.